The first kappa shape index (κ1) is 13.5. The largest absolute Gasteiger partial charge is 0.379 e. The number of rotatable bonds is 6. The molecule has 0 spiro atoms. The standard InChI is InChI=1S/C15H24N2O/c16-9-11-18-13-15-8-4-5-10-17(15)12-14-6-2-1-3-7-14/h1-3,6-7,15H,4-5,8-13,16H2/t15-/m0/s1. The average Bonchev–Trinajstić information content (AvgIpc) is 2.42. The molecule has 2 rings (SSSR count). The van der Waals surface area contributed by atoms with E-state index in [2.05, 4.69) is 35.2 Å². The molecular weight excluding hydrogens is 224 g/mol. The van der Waals surface area contributed by atoms with E-state index in [1.54, 1.807) is 0 Å². The molecule has 1 saturated heterocycles. The zero-order valence-electron chi connectivity index (χ0n) is 11.1. The van der Waals surface area contributed by atoms with Crippen molar-refractivity contribution in [1.82, 2.24) is 4.90 Å². The second kappa shape index (κ2) is 7.52. The molecule has 1 fully saturated rings. The summed E-state index contributed by atoms with van der Waals surface area (Å²) < 4.78 is 5.62. The Morgan fingerprint density at radius 2 is 2.06 bits per heavy atom. The quantitative estimate of drug-likeness (QED) is 0.783. The second-order valence-corrected chi connectivity index (χ2v) is 4.97. The van der Waals surface area contributed by atoms with Crippen LogP contribution in [0.1, 0.15) is 24.8 Å². The van der Waals surface area contributed by atoms with E-state index in [0.717, 1.165) is 13.2 Å². The van der Waals surface area contributed by atoms with Crippen molar-refractivity contribution < 1.29 is 4.74 Å². The number of benzene rings is 1. The number of nitrogens with two attached hydrogens (primary N) is 1. The topological polar surface area (TPSA) is 38.5 Å². The first-order chi connectivity index (χ1) is 8.90. The molecule has 3 heteroatoms. The predicted octanol–water partition coefficient (Wildman–Crippen LogP) is 2.02. The summed E-state index contributed by atoms with van der Waals surface area (Å²) in [7, 11) is 0. The SMILES string of the molecule is NCCOC[C@@H]1CCCCN1Cc1ccccc1. The van der Waals surface area contributed by atoms with Crippen molar-refractivity contribution in [2.45, 2.75) is 31.8 Å². The fourth-order valence-corrected chi connectivity index (χ4v) is 2.58. The molecule has 1 aliphatic rings. The van der Waals surface area contributed by atoms with Crippen molar-refractivity contribution in [3.05, 3.63) is 35.9 Å². The molecule has 0 unspecified atom stereocenters. The van der Waals surface area contributed by atoms with E-state index < -0.39 is 0 Å². The smallest absolute Gasteiger partial charge is 0.0622 e. The van der Waals surface area contributed by atoms with Crippen LogP contribution in [-0.2, 0) is 11.3 Å². The number of piperidine rings is 1. The van der Waals surface area contributed by atoms with Crippen molar-refractivity contribution >= 4 is 0 Å². The zero-order chi connectivity index (χ0) is 12.6. The maximum Gasteiger partial charge on any atom is 0.0622 e. The molecule has 0 aliphatic carbocycles. The molecule has 0 amide bonds. The fraction of sp³-hybridized carbons (Fsp3) is 0.600. The highest BCUT2D eigenvalue weighted by molar-refractivity contribution is 5.14. The first-order valence-corrected chi connectivity index (χ1v) is 6.96. The number of hydrogen-bond acceptors (Lipinski definition) is 3. The lowest BCUT2D eigenvalue weighted by molar-refractivity contribution is 0.0392. The van der Waals surface area contributed by atoms with Gasteiger partial charge in [0.05, 0.1) is 13.2 Å². The molecule has 0 saturated carbocycles. The van der Waals surface area contributed by atoms with Crippen LogP contribution in [0.5, 0.6) is 0 Å². The van der Waals surface area contributed by atoms with Crippen molar-refractivity contribution in [1.29, 1.82) is 0 Å². The van der Waals surface area contributed by atoms with Gasteiger partial charge in [0.2, 0.25) is 0 Å². The Bertz CT molecular complexity index is 329. The van der Waals surface area contributed by atoms with E-state index in [1.807, 2.05) is 0 Å². The number of ether oxygens (including phenoxy) is 1. The molecule has 0 radical (unpaired) electrons. The van der Waals surface area contributed by atoms with Crippen LogP contribution in [0.25, 0.3) is 0 Å². The van der Waals surface area contributed by atoms with E-state index in [-0.39, 0.29) is 0 Å². The maximum atomic E-state index is 5.62. The van der Waals surface area contributed by atoms with E-state index in [9.17, 15) is 0 Å². The van der Waals surface area contributed by atoms with E-state index in [1.165, 1.54) is 31.4 Å². The summed E-state index contributed by atoms with van der Waals surface area (Å²) in [5.74, 6) is 0. The van der Waals surface area contributed by atoms with Gasteiger partial charge in [-0.2, -0.15) is 0 Å². The molecule has 1 aromatic carbocycles. The van der Waals surface area contributed by atoms with Gasteiger partial charge in [0, 0.05) is 19.1 Å². The third-order valence-electron chi connectivity index (χ3n) is 3.55. The monoisotopic (exact) mass is 248 g/mol. The van der Waals surface area contributed by atoms with E-state index in [4.69, 9.17) is 10.5 Å². The Balaban J connectivity index is 1.87. The van der Waals surface area contributed by atoms with Crippen molar-refractivity contribution in [2.24, 2.45) is 5.73 Å². The minimum absolute atomic E-state index is 0.561. The first-order valence-electron chi connectivity index (χ1n) is 6.96. The third-order valence-corrected chi connectivity index (χ3v) is 3.55. The highest BCUT2D eigenvalue weighted by Gasteiger charge is 2.22. The molecule has 1 heterocycles. The Hall–Kier alpha value is -0.900. The molecule has 0 aromatic heterocycles. The summed E-state index contributed by atoms with van der Waals surface area (Å²) in [6.45, 7) is 4.34. The fourth-order valence-electron chi connectivity index (χ4n) is 2.58. The van der Waals surface area contributed by atoms with Crippen LogP contribution in [-0.4, -0.2) is 37.2 Å². The van der Waals surface area contributed by atoms with Gasteiger partial charge in [-0.15, -0.1) is 0 Å². The molecule has 1 atom stereocenters. The molecule has 0 bridgehead atoms. The van der Waals surface area contributed by atoms with Gasteiger partial charge >= 0.3 is 0 Å². The molecule has 100 valence electrons. The highest BCUT2D eigenvalue weighted by atomic mass is 16.5. The predicted molar refractivity (Wildman–Crippen MR) is 74.4 cm³/mol. The van der Waals surface area contributed by atoms with Crippen LogP contribution in [0.3, 0.4) is 0 Å². The van der Waals surface area contributed by atoms with Crippen molar-refractivity contribution in [3.8, 4) is 0 Å². The Morgan fingerprint density at radius 3 is 2.83 bits per heavy atom. The summed E-state index contributed by atoms with van der Waals surface area (Å²) in [4.78, 5) is 2.55. The summed E-state index contributed by atoms with van der Waals surface area (Å²) in [5, 5.41) is 0. The minimum Gasteiger partial charge on any atom is -0.379 e. The van der Waals surface area contributed by atoms with Gasteiger partial charge in [0.1, 0.15) is 0 Å². The molecule has 2 N–H and O–H groups in total. The number of nitrogens with zero attached hydrogens (tertiary/aromatic N) is 1. The molecule has 1 aliphatic heterocycles. The molecule has 1 aromatic rings. The summed E-state index contributed by atoms with van der Waals surface area (Å²) in [5.41, 5.74) is 6.86. The van der Waals surface area contributed by atoms with Gasteiger partial charge in [-0.1, -0.05) is 36.8 Å². The van der Waals surface area contributed by atoms with E-state index >= 15 is 0 Å². The van der Waals surface area contributed by atoms with Crippen molar-refractivity contribution in [2.75, 3.05) is 26.3 Å². The normalized spacial score (nSPS) is 21.1. The lowest BCUT2D eigenvalue weighted by Crippen LogP contribution is -2.42. The Morgan fingerprint density at radius 1 is 1.22 bits per heavy atom. The van der Waals surface area contributed by atoms with Gasteiger partial charge in [-0.05, 0) is 24.9 Å². The van der Waals surface area contributed by atoms with Crippen LogP contribution < -0.4 is 5.73 Å². The molecule has 3 nitrogen and oxygen atoms in total. The summed E-state index contributed by atoms with van der Waals surface area (Å²) >= 11 is 0. The second-order valence-electron chi connectivity index (χ2n) is 4.97. The van der Waals surface area contributed by atoms with Crippen LogP contribution in [0, 0.1) is 0 Å². The number of likely N-dealkylation sites (tertiary alicyclic amines) is 1. The van der Waals surface area contributed by atoms with Gasteiger partial charge < -0.3 is 10.5 Å². The molecular formula is C15H24N2O. The minimum atomic E-state index is 0.561. The Kier molecular flexibility index (Phi) is 5.65. The van der Waals surface area contributed by atoms with Gasteiger partial charge in [0.15, 0.2) is 0 Å². The average molecular weight is 248 g/mol. The lowest BCUT2D eigenvalue weighted by atomic mass is 10.0. The van der Waals surface area contributed by atoms with Crippen LogP contribution in [0.4, 0.5) is 0 Å². The maximum absolute atomic E-state index is 5.62. The van der Waals surface area contributed by atoms with Gasteiger partial charge in [-0.25, -0.2) is 0 Å². The van der Waals surface area contributed by atoms with Gasteiger partial charge in [-0.3, -0.25) is 4.90 Å². The highest BCUT2D eigenvalue weighted by Crippen LogP contribution is 2.19. The van der Waals surface area contributed by atoms with Crippen LogP contribution >= 0.6 is 0 Å². The Labute approximate surface area is 110 Å². The zero-order valence-corrected chi connectivity index (χ0v) is 11.1. The number of hydrogen-bond donors (Lipinski definition) is 1. The van der Waals surface area contributed by atoms with E-state index in [0.29, 0.717) is 19.2 Å². The summed E-state index contributed by atoms with van der Waals surface area (Å²) in [6, 6.07) is 11.3. The molecule has 18 heavy (non-hydrogen) atoms. The van der Waals surface area contributed by atoms with Crippen LogP contribution in [0.15, 0.2) is 30.3 Å². The third kappa shape index (κ3) is 4.09. The van der Waals surface area contributed by atoms with Crippen molar-refractivity contribution in [3.63, 3.8) is 0 Å². The van der Waals surface area contributed by atoms with Gasteiger partial charge in [0.25, 0.3) is 0 Å². The summed E-state index contributed by atoms with van der Waals surface area (Å²) in [6.07, 6.45) is 3.87. The van der Waals surface area contributed by atoms with Crippen LogP contribution in [0.2, 0.25) is 0 Å². The lowest BCUT2D eigenvalue weighted by Gasteiger charge is -2.35.